The fourth-order valence-electron chi connectivity index (χ4n) is 6.84. The van der Waals surface area contributed by atoms with Gasteiger partial charge in [-0.05, 0) is 83.5 Å². The van der Waals surface area contributed by atoms with Gasteiger partial charge in [-0.15, -0.1) is 0 Å². The van der Waals surface area contributed by atoms with E-state index in [1.165, 1.54) is 89.9 Å². The highest BCUT2D eigenvalue weighted by Gasteiger charge is 2.44. The molecule has 0 aromatic rings. The molecule has 0 radical (unpaired) electrons. The van der Waals surface area contributed by atoms with Crippen molar-refractivity contribution in [3.8, 4) is 0 Å². The van der Waals surface area contributed by atoms with E-state index in [9.17, 15) is 30.0 Å². The molecular formula is C53H88O10. The van der Waals surface area contributed by atoms with Crippen molar-refractivity contribution in [2.75, 3.05) is 19.8 Å². The number of aliphatic hydroxyl groups excluding tert-OH is 4. The van der Waals surface area contributed by atoms with Gasteiger partial charge in [0.2, 0.25) is 0 Å². The van der Waals surface area contributed by atoms with E-state index in [1.54, 1.807) is 0 Å². The molecule has 10 heteroatoms. The molecule has 1 fully saturated rings. The first-order valence-electron chi connectivity index (χ1n) is 24.7. The summed E-state index contributed by atoms with van der Waals surface area (Å²) in [7, 11) is 0. The smallest absolute Gasteiger partial charge is 0.306 e. The summed E-state index contributed by atoms with van der Waals surface area (Å²) in [5.74, 6) is -0.939. The number of esters is 2. The largest absolute Gasteiger partial charge is 0.462 e. The van der Waals surface area contributed by atoms with Crippen LogP contribution in [0, 0.1) is 0 Å². The molecule has 0 aromatic heterocycles. The minimum Gasteiger partial charge on any atom is -0.462 e. The summed E-state index contributed by atoms with van der Waals surface area (Å²) in [6, 6.07) is 0. The Hall–Kier alpha value is -3.12. The number of carbonyl (C=O) groups excluding carboxylic acids is 2. The van der Waals surface area contributed by atoms with E-state index < -0.39 is 55.4 Å². The third-order valence-corrected chi connectivity index (χ3v) is 10.8. The maximum Gasteiger partial charge on any atom is 0.306 e. The summed E-state index contributed by atoms with van der Waals surface area (Å²) in [6.07, 6.45) is 48.9. The molecule has 0 amide bonds. The van der Waals surface area contributed by atoms with Crippen molar-refractivity contribution in [1.82, 2.24) is 0 Å². The Bertz CT molecular complexity index is 1300. The number of ether oxygens (including phenoxy) is 4. The second kappa shape index (κ2) is 42.8. The number of rotatable bonds is 40. The Balaban J connectivity index is 2.38. The Labute approximate surface area is 382 Å². The van der Waals surface area contributed by atoms with Gasteiger partial charge < -0.3 is 39.4 Å². The third-order valence-electron chi connectivity index (χ3n) is 10.8. The Morgan fingerprint density at radius 2 is 0.889 bits per heavy atom. The SMILES string of the molecule is CCCCCCCC/C=C/C/C=C/C/C=C/CCCC(=O)O[C@@H](COC(=O)CCC/C=C/C/C=C/C/C=C/C/C=C/CCCCCCCCC)CO[C@H]1O[C@@H](CO)[C@@H](O)C(O)C1O. The number of carbonyl (C=O) groups is 2. The summed E-state index contributed by atoms with van der Waals surface area (Å²) in [4.78, 5) is 25.4. The minimum absolute atomic E-state index is 0.142. The lowest BCUT2D eigenvalue weighted by molar-refractivity contribution is -0.305. The maximum atomic E-state index is 12.8. The Kier molecular flexibility index (Phi) is 39.3. The zero-order valence-electron chi connectivity index (χ0n) is 39.3. The summed E-state index contributed by atoms with van der Waals surface area (Å²) in [5, 5.41) is 40.1. The molecule has 1 heterocycles. The molecule has 0 saturated carbocycles. The molecule has 6 atom stereocenters. The number of allylic oxidation sites excluding steroid dienone is 14. The lowest BCUT2D eigenvalue weighted by Gasteiger charge is -2.39. The van der Waals surface area contributed by atoms with Crippen molar-refractivity contribution in [3.05, 3.63) is 85.1 Å². The summed E-state index contributed by atoms with van der Waals surface area (Å²) < 4.78 is 22.1. The van der Waals surface area contributed by atoms with Crippen molar-refractivity contribution < 1.29 is 49.0 Å². The second-order valence-electron chi connectivity index (χ2n) is 16.6. The van der Waals surface area contributed by atoms with Crippen LogP contribution in [0.25, 0.3) is 0 Å². The van der Waals surface area contributed by atoms with Crippen molar-refractivity contribution in [3.63, 3.8) is 0 Å². The number of hydrogen-bond acceptors (Lipinski definition) is 10. The molecule has 0 bridgehead atoms. The highest BCUT2D eigenvalue weighted by atomic mass is 16.7. The maximum absolute atomic E-state index is 12.8. The highest BCUT2D eigenvalue weighted by Crippen LogP contribution is 2.22. The van der Waals surface area contributed by atoms with Gasteiger partial charge in [0.1, 0.15) is 31.0 Å². The van der Waals surface area contributed by atoms with Gasteiger partial charge in [-0.2, -0.15) is 0 Å². The van der Waals surface area contributed by atoms with Crippen LogP contribution in [0.15, 0.2) is 85.1 Å². The van der Waals surface area contributed by atoms with Gasteiger partial charge in [-0.1, -0.05) is 170 Å². The molecule has 1 aliphatic heterocycles. The molecule has 2 unspecified atom stereocenters. The average Bonchev–Trinajstić information content (AvgIpc) is 3.28. The van der Waals surface area contributed by atoms with Crippen molar-refractivity contribution >= 4 is 11.9 Å². The number of aliphatic hydroxyl groups is 4. The molecule has 360 valence electrons. The molecule has 1 saturated heterocycles. The summed E-state index contributed by atoms with van der Waals surface area (Å²) in [6.45, 7) is 3.30. The first-order valence-corrected chi connectivity index (χ1v) is 24.7. The quantitative estimate of drug-likeness (QED) is 0.0266. The van der Waals surface area contributed by atoms with Crippen LogP contribution in [0.2, 0.25) is 0 Å². The van der Waals surface area contributed by atoms with E-state index in [0.717, 1.165) is 38.5 Å². The fraction of sp³-hybridized carbons (Fsp3) is 0.698. The number of unbranched alkanes of at least 4 members (excludes halogenated alkanes) is 15. The second-order valence-corrected chi connectivity index (χ2v) is 16.6. The van der Waals surface area contributed by atoms with Crippen molar-refractivity contribution in [2.45, 2.75) is 218 Å². The molecule has 0 aliphatic carbocycles. The molecule has 10 nitrogen and oxygen atoms in total. The van der Waals surface area contributed by atoms with Gasteiger partial charge in [-0.25, -0.2) is 0 Å². The average molecular weight is 885 g/mol. The Morgan fingerprint density at radius 3 is 1.33 bits per heavy atom. The summed E-state index contributed by atoms with van der Waals surface area (Å²) >= 11 is 0. The standard InChI is InChI=1S/C53H88O10/c1-3-5-7-9-11-13-15-17-19-21-22-23-24-26-27-29-31-33-35-37-39-41-48(55)60-44-46(45-61-53-52(59)51(58)50(57)47(43-54)63-53)62-49(56)42-40-38-36-34-32-30-28-25-20-18-16-14-12-10-8-6-4-2/h18-21,23-24,27-30,33-36,46-47,50-54,57-59H,3-17,22,25-26,31-32,37-45H2,1-2H3/b20-18+,21-19+,24-23+,29-27+,30-28+,35-33+,36-34+/t46-,47-,50+,51?,52?,53-/m0/s1. The van der Waals surface area contributed by atoms with Gasteiger partial charge in [0.25, 0.3) is 0 Å². The molecule has 1 aliphatic rings. The normalized spacial score (nSPS) is 20.3. The fourth-order valence-corrected chi connectivity index (χ4v) is 6.84. The molecule has 63 heavy (non-hydrogen) atoms. The topological polar surface area (TPSA) is 152 Å². The van der Waals surface area contributed by atoms with Crippen LogP contribution in [-0.2, 0) is 28.5 Å². The molecule has 4 N–H and O–H groups in total. The summed E-state index contributed by atoms with van der Waals surface area (Å²) in [5.41, 5.74) is 0. The van der Waals surface area contributed by atoms with Gasteiger partial charge in [0, 0.05) is 12.8 Å². The molecule has 0 spiro atoms. The van der Waals surface area contributed by atoms with Crippen LogP contribution in [0.3, 0.4) is 0 Å². The van der Waals surface area contributed by atoms with Crippen LogP contribution in [-0.4, -0.2) is 89.0 Å². The van der Waals surface area contributed by atoms with E-state index in [0.29, 0.717) is 25.7 Å². The van der Waals surface area contributed by atoms with Gasteiger partial charge in [0.15, 0.2) is 12.4 Å². The minimum atomic E-state index is -1.62. The molecular weight excluding hydrogens is 797 g/mol. The molecule has 1 rings (SSSR count). The lowest BCUT2D eigenvalue weighted by Crippen LogP contribution is -2.59. The van der Waals surface area contributed by atoms with Gasteiger partial charge in [-0.3, -0.25) is 9.59 Å². The first-order chi connectivity index (χ1) is 30.8. The molecule has 0 aromatic carbocycles. The number of hydrogen-bond donors (Lipinski definition) is 4. The van der Waals surface area contributed by atoms with Crippen LogP contribution in [0.4, 0.5) is 0 Å². The van der Waals surface area contributed by atoms with Crippen LogP contribution >= 0.6 is 0 Å². The van der Waals surface area contributed by atoms with E-state index >= 15 is 0 Å². The van der Waals surface area contributed by atoms with E-state index in [1.807, 2.05) is 12.2 Å². The third kappa shape index (κ3) is 34.0. The van der Waals surface area contributed by atoms with E-state index in [2.05, 4.69) is 86.8 Å². The van der Waals surface area contributed by atoms with Crippen LogP contribution in [0.5, 0.6) is 0 Å². The predicted molar refractivity (Wildman–Crippen MR) is 256 cm³/mol. The highest BCUT2D eigenvalue weighted by molar-refractivity contribution is 5.70. The van der Waals surface area contributed by atoms with Crippen LogP contribution in [0.1, 0.15) is 181 Å². The van der Waals surface area contributed by atoms with E-state index in [4.69, 9.17) is 18.9 Å². The van der Waals surface area contributed by atoms with Gasteiger partial charge >= 0.3 is 11.9 Å². The monoisotopic (exact) mass is 885 g/mol. The van der Waals surface area contributed by atoms with Crippen LogP contribution < -0.4 is 0 Å². The van der Waals surface area contributed by atoms with Crippen molar-refractivity contribution in [1.29, 1.82) is 0 Å². The Morgan fingerprint density at radius 1 is 0.492 bits per heavy atom. The predicted octanol–water partition coefficient (Wildman–Crippen LogP) is 11.3. The van der Waals surface area contributed by atoms with Gasteiger partial charge in [0.05, 0.1) is 13.2 Å². The van der Waals surface area contributed by atoms with Crippen molar-refractivity contribution in [2.24, 2.45) is 0 Å². The zero-order chi connectivity index (χ0) is 45.9. The van der Waals surface area contributed by atoms with E-state index in [-0.39, 0.29) is 26.1 Å². The first kappa shape index (κ1) is 57.9. The lowest BCUT2D eigenvalue weighted by atomic mass is 9.99. The zero-order valence-corrected chi connectivity index (χ0v) is 39.3.